The number of aromatic nitrogens is 1. The van der Waals surface area contributed by atoms with Gasteiger partial charge < -0.3 is 4.57 Å². The van der Waals surface area contributed by atoms with E-state index in [0.29, 0.717) is 5.69 Å². The molecule has 0 aliphatic rings. The standard InChI is InChI=1S/C26H22N2O/c1-17-18(2)28(26-14-13-22(19(3)29)15-24(17)26)16-20-9-11-21(12-10-20)23-7-5-6-8-25(23)27-4/h5-15H,16H2,1-3H3. The highest BCUT2D eigenvalue weighted by atomic mass is 16.1. The number of aryl methyl sites for hydroxylation is 1. The summed E-state index contributed by atoms with van der Waals surface area (Å²) in [6, 6.07) is 22.1. The van der Waals surface area contributed by atoms with Gasteiger partial charge in [-0.3, -0.25) is 4.79 Å². The summed E-state index contributed by atoms with van der Waals surface area (Å²) < 4.78 is 2.30. The Labute approximate surface area is 171 Å². The molecule has 3 aromatic carbocycles. The quantitative estimate of drug-likeness (QED) is 0.286. The van der Waals surface area contributed by atoms with Crippen molar-refractivity contribution in [2.24, 2.45) is 0 Å². The van der Waals surface area contributed by atoms with Crippen LogP contribution in [0.4, 0.5) is 5.69 Å². The number of ketones is 1. The third-order valence-electron chi connectivity index (χ3n) is 5.68. The van der Waals surface area contributed by atoms with Gasteiger partial charge in [-0.25, -0.2) is 4.85 Å². The molecule has 0 radical (unpaired) electrons. The largest absolute Gasteiger partial charge is 0.340 e. The first-order valence-electron chi connectivity index (χ1n) is 9.66. The summed E-state index contributed by atoms with van der Waals surface area (Å²) in [4.78, 5) is 15.4. The Morgan fingerprint density at radius 3 is 2.41 bits per heavy atom. The van der Waals surface area contributed by atoms with E-state index in [1.54, 1.807) is 6.92 Å². The Morgan fingerprint density at radius 1 is 1.00 bits per heavy atom. The lowest BCUT2D eigenvalue weighted by Gasteiger charge is -2.11. The van der Waals surface area contributed by atoms with Crippen molar-refractivity contribution in [3.05, 3.63) is 101 Å². The van der Waals surface area contributed by atoms with Gasteiger partial charge in [0.1, 0.15) is 0 Å². The number of hydrogen-bond donors (Lipinski definition) is 0. The zero-order chi connectivity index (χ0) is 20.5. The first kappa shape index (κ1) is 18.7. The molecule has 4 rings (SSSR count). The fourth-order valence-electron chi connectivity index (χ4n) is 3.86. The van der Waals surface area contributed by atoms with Crippen LogP contribution >= 0.6 is 0 Å². The fourth-order valence-corrected chi connectivity index (χ4v) is 3.86. The molecule has 29 heavy (non-hydrogen) atoms. The second-order valence-electron chi connectivity index (χ2n) is 7.41. The predicted octanol–water partition coefficient (Wildman–Crippen LogP) is 6.73. The summed E-state index contributed by atoms with van der Waals surface area (Å²) in [7, 11) is 0. The smallest absolute Gasteiger partial charge is 0.194 e. The van der Waals surface area contributed by atoms with Crippen LogP contribution < -0.4 is 0 Å². The zero-order valence-corrected chi connectivity index (χ0v) is 16.9. The van der Waals surface area contributed by atoms with Crippen LogP contribution in [-0.2, 0) is 6.54 Å². The maximum Gasteiger partial charge on any atom is 0.194 e. The molecule has 0 spiro atoms. The van der Waals surface area contributed by atoms with E-state index in [1.807, 2.05) is 42.5 Å². The molecule has 0 unspecified atom stereocenters. The second kappa shape index (κ2) is 7.41. The number of benzene rings is 3. The van der Waals surface area contributed by atoms with Gasteiger partial charge in [0.15, 0.2) is 11.5 Å². The maximum absolute atomic E-state index is 11.8. The van der Waals surface area contributed by atoms with Gasteiger partial charge in [0.25, 0.3) is 0 Å². The van der Waals surface area contributed by atoms with Gasteiger partial charge in [0.2, 0.25) is 0 Å². The number of para-hydroxylation sites is 1. The third-order valence-corrected chi connectivity index (χ3v) is 5.68. The minimum Gasteiger partial charge on any atom is -0.340 e. The van der Waals surface area contributed by atoms with Crippen LogP contribution in [0.2, 0.25) is 0 Å². The lowest BCUT2D eigenvalue weighted by Crippen LogP contribution is -2.02. The van der Waals surface area contributed by atoms with E-state index in [1.165, 1.54) is 16.8 Å². The predicted molar refractivity (Wildman–Crippen MR) is 119 cm³/mol. The van der Waals surface area contributed by atoms with E-state index >= 15 is 0 Å². The topological polar surface area (TPSA) is 26.4 Å². The highest BCUT2D eigenvalue weighted by Gasteiger charge is 2.13. The van der Waals surface area contributed by atoms with Crippen LogP contribution in [0, 0.1) is 20.4 Å². The van der Waals surface area contributed by atoms with E-state index in [9.17, 15) is 4.79 Å². The number of Topliss-reactive ketones (excluding diaryl/α,β-unsaturated/α-hetero) is 1. The molecule has 1 heterocycles. The van der Waals surface area contributed by atoms with Crippen molar-refractivity contribution >= 4 is 22.4 Å². The molecule has 0 atom stereocenters. The fraction of sp³-hybridized carbons (Fsp3) is 0.154. The molecule has 0 saturated carbocycles. The van der Waals surface area contributed by atoms with Crippen LogP contribution in [0.1, 0.15) is 34.1 Å². The van der Waals surface area contributed by atoms with Crippen LogP contribution in [0.25, 0.3) is 26.9 Å². The second-order valence-corrected chi connectivity index (χ2v) is 7.41. The average Bonchev–Trinajstić information content (AvgIpc) is 2.98. The van der Waals surface area contributed by atoms with Crippen molar-refractivity contribution in [2.45, 2.75) is 27.3 Å². The molecular formula is C26H22N2O. The van der Waals surface area contributed by atoms with Gasteiger partial charge in [0, 0.05) is 28.7 Å². The van der Waals surface area contributed by atoms with E-state index in [0.717, 1.165) is 34.1 Å². The summed E-state index contributed by atoms with van der Waals surface area (Å²) in [6.45, 7) is 14.0. The van der Waals surface area contributed by atoms with E-state index in [4.69, 9.17) is 6.57 Å². The molecule has 0 fully saturated rings. The van der Waals surface area contributed by atoms with Crippen LogP contribution in [-0.4, -0.2) is 10.4 Å². The molecule has 0 aliphatic carbocycles. The van der Waals surface area contributed by atoms with Crippen molar-refractivity contribution in [3.63, 3.8) is 0 Å². The van der Waals surface area contributed by atoms with Crippen molar-refractivity contribution in [1.29, 1.82) is 0 Å². The van der Waals surface area contributed by atoms with Gasteiger partial charge in [-0.05, 0) is 61.2 Å². The lowest BCUT2D eigenvalue weighted by molar-refractivity contribution is 0.101. The molecule has 0 saturated heterocycles. The Bertz CT molecular complexity index is 1270. The molecular weight excluding hydrogens is 356 g/mol. The summed E-state index contributed by atoms with van der Waals surface area (Å²) in [5.74, 6) is 0.0898. The van der Waals surface area contributed by atoms with Crippen LogP contribution in [0.5, 0.6) is 0 Å². The van der Waals surface area contributed by atoms with Gasteiger partial charge in [0.05, 0.1) is 6.57 Å². The van der Waals surface area contributed by atoms with Gasteiger partial charge in [-0.15, -0.1) is 0 Å². The Hall–Kier alpha value is -3.64. The minimum atomic E-state index is 0.0898. The number of nitrogens with zero attached hydrogens (tertiary/aromatic N) is 2. The Kier molecular flexibility index (Phi) is 4.78. The lowest BCUT2D eigenvalue weighted by atomic mass is 10.0. The van der Waals surface area contributed by atoms with Crippen molar-refractivity contribution in [2.75, 3.05) is 0 Å². The molecule has 4 aromatic rings. The van der Waals surface area contributed by atoms with E-state index < -0.39 is 0 Å². The summed E-state index contributed by atoms with van der Waals surface area (Å²) in [6.07, 6.45) is 0. The molecule has 3 nitrogen and oxygen atoms in total. The number of hydrogen-bond acceptors (Lipinski definition) is 1. The highest BCUT2D eigenvalue weighted by Crippen LogP contribution is 2.31. The van der Waals surface area contributed by atoms with Gasteiger partial charge in [-0.1, -0.05) is 48.5 Å². The van der Waals surface area contributed by atoms with Crippen LogP contribution in [0.15, 0.2) is 66.7 Å². The molecule has 0 bridgehead atoms. The molecule has 0 N–H and O–H groups in total. The number of carbonyl (C=O) groups excluding carboxylic acids is 1. The molecule has 0 amide bonds. The molecule has 1 aromatic heterocycles. The van der Waals surface area contributed by atoms with E-state index in [2.05, 4.69) is 47.5 Å². The normalized spacial score (nSPS) is 10.8. The summed E-state index contributed by atoms with van der Waals surface area (Å²) in [5.41, 5.74) is 8.21. The molecule has 142 valence electrons. The monoisotopic (exact) mass is 378 g/mol. The van der Waals surface area contributed by atoms with Gasteiger partial charge in [-0.2, -0.15) is 0 Å². The van der Waals surface area contributed by atoms with Crippen LogP contribution in [0.3, 0.4) is 0 Å². The average molecular weight is 378 g/mol. The third kappa shape index (κ3) is 3.34. The molecule has 3 heteroatoms. The van der Waals surface area contributed by atoms with Crippen molar-refractivity contribution in [1.82, 2.24) is 4.57 Å². The highest BCUT2D eigenvalue weighted by molar-refractivity contribution is 5.99. The Balaban J connectivity index is 1.70. The maximum atomic E-state index is 11.8. The SMILES string of the molecule is [C-]#[N+]c1ccccc1-c1ccc(Cn2c(C)c(C)c3cc(C(C)=O)ccc32)cc1. The molecule has 0 aliphatic heterocycles. The van der Waals surface area contributed by atoms with Crippen molar-refractivity contribution < 1.29 is 4.79 Å². The van der Waals surface area contributed by atoms with E-state index in [-0.39, 0.29) is 5.78 Å². The summed E-state index contributed by atoms with van der Waals surface area (Å²) >= 11 is 0. The Morgan fingerprint density at radius 2 is 1.72 bits per heavy atom. The first-order chi connectivity index (χ1) is 14.0. The van der Waals surface area contributed by atoms with Gasteiger partial charge >= 0.3 is 0 Å². The number of carbonyl (C=O) groups is 1. The first-order valence-corrected chi connectivity index (χ1v) is 9.66. The zero-order valence-electron chi connectivity index (χ0n) is 16.9. The van der Waals surface area contributed by atoms with Crippen molar-refractivity contribution in [3.8, 4) is 11.1 Å². The minimum absolute atomic E-state index is 0.0898. The summed E-state index contributed by atoms with van der Waals surface area (Å²) in [5, 5.41) is 1.14. The number of rotatable bonds is 4. The number of fused-ring (bicyclic) bond motifs is 1.